The van der Waals surface area contributed by atoms with Crippen LogP contribution in [0.15, 0.2) is 23.1 Å². The number of sulfonamides is 1. The molecule has 2 rings (SSSR count). The summed E-state index contributed by atoms with van der Waals surface area (Å²) in [5.74, 6) is 0.203. The number of rotatable bonds is 5. The van der Waals surface area contributed by atoms with Crippen LogP contribution in [0, 0.1) is 10.1 Å². The summed E-state index contributed by atoms with van der Waals surface area (Å²) >= 11 is 0. The van der Waals surface area contributed by atoms with Crippen LogP contribution in [0.25, 0.3) is 0 Å². The molecule has 1 aliphatic rings. The van der Waals surface area contributed by atoms with E-state index >= 15 is 0 Å². The molecule has 1 aliphatic heterocycles. The highest BCUT2D eigenvalue weighted by molar-refractivity contribution is 7.89. The first kappa shape index (κ1) is 15.7. The van der Waals surface area contributed by atoms with Crippen LogP contribution >= 0.6 is 0 Å². The lowest BCUT2D eigenvalue weighted by atomic mass is 9.94. The summed E-state index contributed by atoms with van der Waals surface area (Å²) in [4.78, 5) is 9.91. The van der Waals surface area contributed by atoms with Gasteiger partial charge in [-0.05, 0) is 18.6 Å². The van der Waals surface area contributed by atoms with E-state index in [1.165, 1.54) is 13.2 Å². The molecule has 0 aromatic heterocycles. The van der Waals surface area contributed by atoms with Gasteiger partial charge in [-0.2, -0.15) is 4.31 Å². The first-order valence-electron chi connectivity index (χ1n) is 6.28. The van der Waals surface area contributed by atoms with Crippen molar-refractivity contribution in [2.45, 2.75) is 23.8 Å². The fourth-order valence-electron chi connectivity index (χ4n) is 2.13. The van der Waals surface area contributed by atoms with Crippen molar-refractivity contribution >= 4 is 15.7 Å². The van der Waals surface area contributed by atoms with Crippen molar-refractivity contribution in [3.63, 3.8) is 0 Å². The number of methoxy groups -OCH3 is 1. The smallest absolute Gasteiger partial charge is 0.293 e. The Bertz CT molecular complexity index is 666. The van der Waals surface area contributed by atoms with Gasteiger partial charge in [0.1, 0.15) is 5.75 Å². The van der Waals surface area contributed by atoms with E-state index < -0.39 is 31.1 Å². The van der Waals surface area contributed by atoms with Crippen molar-refractivity contribution in [1.29, 1.82) is 0 Å². The number of nitro groups is 1. The van der Waals surface area contributed by atoms with Gasteiger partial charge in [0.15, 0.2) is 4.90 Å². The molecule has 0 atom stereocenters. The zero-order valence-corrected chi connectivity index (χ0v) is 12.5. The van der Waals surface area contributed by atoms with Crippen molar-refractivity contribution in [3.8, 4) is 5.75 Å². The minimum absolute atomic E-state index is 0.0605. The second kappa shape index (κ2) is 5.24. The molecule has 1 fully saturated rings. The van der Waals surface area contributed by atoms with Gasteiger partial charge in [0.25, 0.3) is 5.69 Å². The van der Waals surface area contributed by atoms with Crippen molar-refractivity contribution in [1.82, 2.24) is 4.31 Å². The van der Waals surface area contributed by atoms with Gasteiger partial charge in [-0.3, -0.25) is 10.1 Å². The highest BCUT2D eigenvalue weighted by atomic mass is 32.2. The first-order valence-corrected chi connectivity index (χ1v) is 7.72. The molecule has 0 radical (unpaired) electrons. The van der Waals surface area contributed by atoms with Gasteiger partial charge in [-0.15, -0.1) is 0 Å². The SMILES string of the molecule is CCC1(O)CN(S(=O)(=O)c2ccc(OC)cc2[N+](=O)[O-])C1. The van der Waals surface area contributed by atoms with E-state index in [-0.39, 0.29) is 18.8 Å². The van der Waals surface area contributed by atoms with Crippen LogP contribution < -0.4 is 4.74 Å². The predicted molar refractivity (Wildman–Crippen MR) is 73.6 cm³/mol. The maximum Gasteiger partial charge on any atom is 0.293 e. The summed E-state index contributed by atoms with van der Waals surface area (Å²) in [6.07, 6.45) is 0.420. The average molecular weight is 316 g/mol. The average Bonchev–Trinajstić information content (AvgIpc) is 2.42. The molecule has 0 unspecified atom stereocenters. The summed E-state index contributed by atoms with van der Waals surface area (Å²) in [5, 5.41) is 21.0. The Morgan fingerprint density at radius 3 is 2.57 bits per heavy atom. The second-order valence-electron chi connectivity index (χ2n) is 4.94. The number of hydrogen-bond donors (Lipinski definition) is 1. The summed E-state index contributed by atoms with van der Waals surface area (Å²) in [7, 11) is -2.67. The highest BCUT2D eigenvalue weighted by Crippen LogP contribution is 2.35. The third kappa shape index (κ3) is 2.71. The van der Waals surface area contributed by atoms with Crippen LogP contribution in [0.2, 0.25) is 0 Å². The van der Waals surface area contributed by atoms with Gasteiger partial charge >= 0.3 is 0 Å². The minimum atomic E-state index is -4.01. The Balaban J connectivity index is 2.40. The number of benzene rings is 1. The number of aliphatic hydroxyl groups is 1. The quantitative estimate of drug-likeness (QED) is 0.634. The molecule has 1 heterocycles. The lowest BCUT2D eigenvalue weighted by molar-refractivity contribution is -0.388. The molecule has 1 aromatic carbocycles. The molecule has 0 aliphatic carbocycles. The third-order valence-corrected chi connectivity index (χ3v) is 5.42. The van der Waals surface area contributed by atoms with E-state index in [1.807, 2.05) is 0 Å². The lowest BCUT2D eigenvalue weighted by Gasteiger charge is -2.44. The van der Waals surface area contributed by atoms with Gasteiger partial charge in [-0.1, -0.05) is 6.92 Å². The Hall–Kier alpha value is -1.71. The Morgan fingerprint density at radius 2 is 2.10 bits per heavy atom. The van der Waals surface area contributed by atoms with E-state index in [0.717, 1.165) is 16.4 Å². The van der Waals surface area contributed by atoms with Crippen LogP contribution in [0.4, 0.5) is 5.69 Å². The van der Waals surface area contributed by atoms with Gasteiger partial charge in [0.2, 0.25) is 10.0 Å². The maximum atomic E-state index is 12.4. The molecule has 0 amide bonds. The summed E-state index contributed by atoms with van der Waals surface area (Å²) in [6, 6.07) is 3.57. The summed E-state index contributed by atoms with van der Waals surface area (Å²) < 4.78 is 30.7. The number of nitrogens with zero attached hydrogens (tertiary/aromatic N) is 2. The lowest BCUT2D eigenvalue weighted by Crippen LogP contribution is -2.62. The van der Waals surface area contributed by atoms with Gasteiger partial charge in [-0.25, -0.2) is 8.42 Å². The molecule has 1 saturated heterocycles. The molecular weight excluding hydrogens is 300 g/mol. The number of ether oxygens (including phenoxy) is 1. The zero-order valence-electron chi connectivity index (χ0n) is 11.6. The standard InChI is InChI=1S/C12H16N2O6S/c1-3-12(15)7-13(8-12)21(18,19)11-5-4-9(20-2)6-10(11)14(16)17/h4-6,15H,3,7-8H2,1-2H3. The molecule has 0 spiro atoms. The van der Waals surface area contributed by atoms with Gasteiger partial charge < -0.3 is 9.84 Å². The normalized spacial score (nSPS) is 18.0. The Morgan fingerprint density at radius 1 is 1.48 bits per heavy atom. The van der Waals surface area contributed by atoms with Crippen LogP contribution in [-0.2, 0) is 10.0 Å². The van der Waals surface area contributed by atoms with E-state index in [0.29, 0.717) is 6.42 Å². The van der Waals surface area contributed by atoms with Gasteiger partial charge in [0, 0.05) is 13.1 Å². The fourth-order valence-corrected chi connectivity index (χ4v) is 3.86. The molecular formula is C12H16N2O6S. The van der Waals surface area contributed by atoms with E-state index in [2.05, 4.69) is 0 Å². The van der Waals surface area contributed by atoms with Crippen LogP contribution in [0.1, 0.15) is 13.3 Å². The Labute approximate surface area is 122 Å². The molecule has 1 N–H and O–H groups in total. The van der Waals surface area contributed by atoms with Crippen molar-refractivity contribution in [2.75, 3.05) is 20.2 Å². The molecule has 0 bridgehead atoms. The molecule has 116 valence electrons. The van der Waals surface area contributed by atoms with Crippen molar-refractivity contribution < 1.29 is 23.2 Å². The Kier molecular flexibility index (Phi) is 3.91. The predicted octanol–water partition coefficient (Wildman–Crippen LogP) is 0.749. The molecule has 9 heteroatoms. The summed E-state index contributed by atoms with van der Waals surface area (Å²) in [5.41, 5.74) is -1.59. The molecule has 0 saturated carbocycles. The van der Waals surface area contributed by atoms with Gasteiger partial charge in [0.05, 0.1) is 23.7 Å². The van der Waals surface area contributed by atoms with Crippen molar-refractivity contribution in [3.05, 3.63) is 28.3 Å². The molecule has 8 nitrogen and oxygen atoms in total. The van der Waals surface area contributed by atoms with Crippen LogP contribution in [0.5, 0.6) is 5.75 Å². The highest BCUT2D eigenvalue weighted by Gasteiger charge is 2.47. The zero-order chi connectivity index (χ0) is 15.8. The topological polar surface area (TPSA) is 110 Å². The van der Waals surface area contributed by atoms with Crippen LogP contribution in [0.3, 0.4) is 0 Å². The second-order valence-corrected chi connectivity index (χ2v) is 6.85. The van der Waals surface area contributed by atoms with E-state index in [1.54, 1.807) is 6.92 Å². The molecule has 1 aromatic rings. The fraction of sp³-hybridized carbons (Fsp3) is 0.500. The first-order chi connectivity index (χ1) is 9.73. The maximum absolute atomic E-state index is 12.4. The number of hydrogen-bond acceptors (Lipinski definition) is 6. The summed E-state index contributed by atoms with van der Waals surface area (Å²) in [6.45, 7) is 1.63. The van der Waals surface area contributed by atoms with Crippen molar-refractivity contribution in [2.24, 2.45) is 0 Å². The van der Waals surface area contributed by atoms with Crippen LogP contribution in [-0.4, -0.2) is 48.6 Å². The largest absolute Gasteiger partial charge is 0.497 e. The third-order valence-electron chi connectivity index (χ3n) is 3.58. The molecule has 21 heavy (non-hydrogen) atoms. The van der Waals surface area contributed by atoms with E-state index in [9.17, 15) is 23.6 Å². The van der Waals surface area contributed by atoms with E-state index in [4.69, 9.17) is 4.74 Å². The minimum Gasteiger partial charge on any atom is -0.497 e. The monoisotopic (exact) mass is 316 g/mol. The number of β-amino-alcohol motifs (C(OH)–C–C–N with tert-alkyl or cyclic N) is 1. The number of nitro benzene ring substituents is 1.